The van der Waals surface area contributed by atoms with E-state index in [0.717, 1.165) is 55.9 Å². The molecule has 0 aliphatic carbocycles. The van der Waals surface area contributed by atoms with Crippen LogP contribution in [0.5, 0.6) is 11.5 Å². The van der Waals surface area contributed by atoms with Crippen LogP contribution in [0.1, 0.15) is 45.5 Å². The average molecular weight is 1160 g/mol. The maximum absolute atomic E-state index is 9.94. The van der Waals surface area contributed by atoms with Crippen LogP contribution in [0.25, 0.3) is 113 Å². The summed E-state index contributed by atoms with van der Waals surface area (Å²) in [5.74, 6) is 1.48. The first-order valence-corrected chi connectivity index (χ1v) is 24.4. The minimum absolute atomic E-state index is 0. The topological polar surface area (TPSA) is 35.9 Å². The van der Waals surface area contributed by atoms with Gasteiger partial charge in [-0.1, -0.05) is 147 Å². The van der Waals surface area contributed by atoms with Gasteiger partial charge in [0, 0.05) is 84.6 Å². The molecule has 9 aromatic carbocycles. The maximum atomic E-state index is 9.94. The van der Waals surface area contributed by atoms with Crippen molar-refractivity contribution in [2.45, 2.75) is 26.2 Å². The van der Waals surface area contributed by atoms with Gasteiger partial charge in [-0.15, -0.1) is 52.3 Å². The van der Waals surface area contributed by atoms with Gasteiger partial charge in [0.15, 0.2) is 0 Å². The van der Waals surface area contributed by atoms with E-state index in [-0.39, 0.29) is 131 Å². The van der Waals surface area contributed by atoms with Gasteiger partial charge in [0.05, 0.1) is 35.9 Å². The minimum atomic E-state index is -0.512. The van der Waals surface area contributed by atoms with Gasteiger partial charge >= 0.3 is 0 Å². The van der Waals surface area contributed by atoms with E-state index >= 15 is 0 Å². The number of benzene rings is 9. The SMILES string of the molecule is [2H]c1c([2H])c([2H])c2c(sc3c([2H])c(-c4cccc(-c5c([2H])c([2H])c6c(sc7c([2H])c([2H])c([2H])c([2H])c76)c5[2H])c4-[n+]4[c-]n(-c5[c-]c(Oc6[c-]c7c(cc6)c6ccccc6n7-c6cc(C(C)(C)C)ccn6)ccc5)c5ccccc54)c([2H])c([2H])c32)c1[2H].[Pt]. The summed E-state index contributed by atoms with van der Waals surface area (Å²) < 4.78 is 140. The second-order valence-electron chi connectivity index (χ2n) is 18.1. The number of imidazole rings is 1. The molecule has 0 fully saturated rings. The summed E-state index contributed by atoms with van der Waals surface area (Å²) in [5.41, 5.74) is 4.69. The van der Waals surface area contributed by atoms with Crippen molar-refractivity contribution < 1.29 is 49.6 Å². The van der Waals surface area contributed by atoms with E-state index in [4.69, 9.17) is 20.7 Å². The molecule has 0 spiro atoms. The molecule has 14 aromatic rings. The fourth-order valence-corrected chi connectivity index (χ4v) is 11.3. The summed E-state index contributed by atoms with van der Waals surface area (Å²) in [7, 11) is 0. The van der Waals surface area contributed by atoms with Gasteiger partial charge in [-0.05, 0) is 86.7 Å². The van der Waals surface area contributed by atoms with Crippen LogP contribution in [0.3, 0.4) is 0 Å². The molecule has 0 radical (unpaired) electrons. The van der Waals surface area contributed by atoms with Gasteiger partial charge in [-0.3, -0.25) is 4.57 Å². The molecule has 0 saturated carbocycles. The number of aromatic nitrogens is 4. The quantitative estimate of drug-likeness (QED) is 0.118. The van der Waals surface area contributed by atoms with E-state index in [9.17, 15) is 8.22 Å². The number of fused-ring (bicyclic) bond motifs is 10. The number of hydrogen-bond acceptors (Lipinski definition) is 4. The van der Waals surface area contributed by atoms with Crippen molar-refractivity contribution in [3.05, 3.63) is 224 Å². The predicted octanol–water partition coefficient (Wildman–Crippen LogP) is 17.0. The molecule has 0 aliphatic rings. The Morgan fingerprint density at radius 3 is 1.92 bits per heavy atom. The molecular weight excluding hydrogens is 1100 g/mol. The van der Waals surface area contributed by atoms with E-state index in [1.54, 1.807) is 33.4 Å². The molecule has 72 heavy (non-hydrogen) atoms. The first-order valence-electron chi connectivity index (χ1n) is 29.7. The molecule has 0 N–H and O–H groups in total. The molecule has 14 rings (SSSR count). The molecule has 5 nitrogen and oxygen atoms in total. The Balaban J connectivity index is 0.00000686. The van der Waals surface area contributed by atoms with Crippen LogP contribution in [0, 0.1) is 18.5 Å². The Kier molecular flexibility index (Phi) is 7.59. The smallest absolute Gasteiger partial charge is 0.268 e. The molecule has 8 heteroatoms. The van der Waals surface area contributed by atoms with Crippen molar-refractivity contribution in [1.82, 2.24) is 14.1 Å². The number of thiophene rings is 2. The van der Waals surface area contributed by atoms with Crippen LogP contribution in [0.15, 0.2) is 200 Å². The third-order valence-electron chi connectivity index (χ3n) is 12.7. The maximum Gasteiger partial charge on any atom is 0.268 e. The van der Waals surface area contributed by atoms with Crippen molar-refractivity contribution >= 4 is 95.9 Å². The van der Waals surface area contributed by atoms with E-state index in [1.165, 1.54) is 0 Å². The summed E-state index contributed by atoms with van der Waals surface area (Å²) in [4.78, 5) is 4.82. The number of rotatable bonds is 7. The van der Waals surface area contributed by atoms with Gasteiger partial charge in [0.1, 0.15) is 5.82 Å². The fraction of sp³-hybridized carbons (Fsp3) is 0.0625. The van der Waals surface area contributed by atoms with Crippen molar-refractivity contribution in [2.75, 3.05) is 0 Å². The predicted molar refractivity (Wildman–Crippen MR) is 295 cm³/mol. The number of hydrogen-bond donors (Lipinski definition) is 0. The Labute approximate surface area is 458 Å². The molecule has 0 unspecified atom stereocenters. The molecule has 0 saturated heterocycles. The molecule has 348 valence electrons. The fourth-order valence-electron chi connectivity index (χ4n) is 9.38. The zero-order chi connectivity index (χ0) is 59.6. The van der Waals surface area contributed by atoms with E-state index in [2.05, 4.69) is 62.0 Å². The van der Waals surface area contributed by atoms with E-state index in [1.807, 2.05) is 72.9 Å². The van der Waals surface area contributed by atoms with Gasteiger partial charge in [0.2, 0.25) is 0 Å². The van der Waals surface area contributed by atoms with Crippen LogP contribution in [0.2, 0.25) is 0 Å². The molecular formula is C64H42N4OPtS2-2. The van der Waals surface area contributed by atoms with Crippen molar-refractivity contribution in [1.29, 1.82) is 0 Å². The van der Waals surface area contributed by atoms with Crippen LogP contribution >= 0.6 is 22.7 Å². The van der Waals surface area contributed by atoms with Crippen LogP contribution in [-0.2, 0) is 26.5 Å². The number of para-hydroxylation sites is 4. The third kappa shape index (κ3) is 7.29. The summed E-state index contributed by atoms with van der Waals surface area (Å²) >= 11 is 1.85. The minimum Gasteiger partial charge on any atom is -0.510 e. The van der Waals surface area contributed by atoms with Gasteiger partial charge in [-0.2, -0.15) is 18.2 Å². The van der Waals surface area contributed by atoms with E-state index in [0.29, 0.717) is 28.2 Å². The molecule has 0 aliphatic heterocycles. The summed E-state index contributed by atoms with van der Waals surface area (Å²) in [6.07, 6.45) is 5.33. The largest absolute Gasteiger partial charge is 0.510 e. The number of nitrogens with zero attached hydrogens (tertiary/aromatic N) is 4. The third-order valence-corrected chi connectivity index (χ3v) is 14.8. The van der Waals surface area contributed by atoms with Crippen LogP contribution in [0.4, 0.5) is 0 Å². The summed E-state index contributed by atoms with van der Waals surface area (Å²) in [6.45, 7) is 6.48. The normalized spacial score (nSPS) is 14.7. The first kappa shape index (κ1) is 31.6. The zero-order valence-electron chi connectivity index (χ0n) is 52.3. The summed E-state index contributed by atoms with van der Waals surface area (Å²) in [6, 6.07) is 35.1. The monoisotopic (exact) mass is 1160 g/mol. The number of ether oxygens (including phenoxy) is 1. The Morgan fingerprint density at radius 2 is 1.21 bits per heavy atom. The average Bonchev–Trinajstić information content (AvgIpc) is 1.60. The van der Waals surface area contributed by atoms with Crippen molar-refractivity contribution in [3.8, 4) is 50.9 Å². The molecule has 5 aromatic heterocycles. The molecule has 0 bridgehead atoms. The summed E-state index contributed by atoms with van der Waals surface area (Å²) in [5, 5.41) is 2.12. The molecule has 5 heterocycles. The standard InChI is InChI=1S/C64H42N4OS2.Pt/c1-64(2,3)42-32-33-65-62(36-42)68-54-21-7-4-16-48(54)49-31-28-45(38-57(49)68)69-44-15-12-14-43(37-44)66-39-67(56-23-9-8-22-55(56)66)63-46(40-26-29-52-50-17-5-10-24-58(50)70-60(52)34-40)19-13-20-47(63)41-27-30-53-51-18-6-11-25-59(51)71-61(53)35-41;/h4-36H,1-3H3;/q-2;/i5D,6D,10D,11D,17D,18D,24D,25D,26D,27D,29D,30D,34D,35D;. The zero-order valence-corrected chi connectivity index (χ0v) is 42.2. The Hall–Kier alpha value is -7.67. The second-order valence-corrected chi connectivity index (χ2v) is 20.1. The molecule has 0 atom stereocenters. The van der Waals surface area contributed by atoms with Crippen molar-refractivity contribution in [3.63, 3.8) is 0 Å². The second kappa shape index (κ2) is 17.3. The van der Waals surface area contributed by atoms with Crippen LogP contribution in [-0.4, -0.2) is 14.1 Å². The van der Waals surface area contributed by atoms with Gasteiger partial charge in [-0.25, -0.2) is 4.98 Å². The van der Waals surface area contributed by atoms with Crippen LogP contribution < -0.4 is 9.30 Å². The first-order chi connectivity index (χ1) is 40.7. The van der Waals surface area contributed by atoms with Gasteiger partial charge in [0.25, 0.3) is 6.33 Å². The molecule has 0 amide bonds. The Morgan fingerprint density at radius 1 is 0.583 bits per heavy atom. The van der Waals surface area contributed by atoms with Crippen molar-refractivity contribution in [2.24, 2.45) is 0 Å². The Bertz CT molecular complexity index is 5130. The van der Waals surface area contributed by atoms with Gasteiger partial charge < -0.3 is 13.9 Å². The van der Waals surface area contributed by atoms with E-state index < -0.39 is 48.3 Å². The number of pyridine rings is 1.